The highest BCUT2D eigenvalue weighted by Gasteiger charge is 2.53. The number of oxazole rings is 1. The molecule has 1 unspecified atom stereocenters. The Hall–Kier alpha value is -2.46. The Morgan fingerprint density at radius 3 is 2.66 bits per heavy atom. The maximum absolute atomic E-state index is 13.5. The van der Waals surface area contributed by atoms with Crippen molar-refractivity contribution in [1.29, 1.82) is 0 Å². The van der Waals surface area contributed by atoms with Crippen LogP contribution in [0.5, 0.6) is 0 Å². The molecule has 2 fully saturated rings. The largest absolute Gasteiger partial charge is 0.419 e. The van der Waals surface area contributed by atoms with E-state index in [0.29, 0.717) is 18.6 Å². The van der Waals surface area contributed by atoms with Crippen LogP contribution in [0.25, 0.3) is 11.1 Å². The van der Waals surface area contributed by atoms with E-state index >= 15 is 0 Å². The van der Waals surface area contributed by atoms with Gasteiger partial charge in [0.1, 0.15) is 12.2 Å². The second-order valence-corrected chi connectivity index (χ2v) is 10.2. The molecule has 3 heterocycles. The van der Waals surface area contributed by atoms with Gasteiger partial charge in [-0.25, -0.2) is 13.2 Å². The Bertz CT molecular complexity index is 1250. The van der Waals surface area contributed by atoms with E-state index in [1.54, 1.807) is 29.8 Å². The van der Waals surface area contributed by atoms with Gasteiger partial charge in [0.15, 0.2) is 5.58 Å². The van der Waals surface area contributed by atoms with Gasteiger partial charge in [0.05, 0.1) is 10.4 Å². The predicted molar refractivity (Wildman–Crippen MR) is 105 cm³/mol. The van der Waals surface area contributed by atoms with E-state index in [4.69, 9.17) is 4.42 Å². The van der Waals surface area contributed by atoms with Gasteiger partial charge in [-0.15, -0.1) is 10.2 Å². The minimum atomic E-state index is -3.73. The summed E-state index contributed by atoms with van der Waals surface area (Å²) in [7, 11) is -0.231. The lowest BCUT2D eigenvalue weighted by Gasteiger charge is -2.29. The van der Waals surface area contributed by atoms with E-state index in [-0.39, 0.29) is 21.8 Å². The number of hydrogen-bond donors (Lipinski definition) is 0. The van der Waals surface area contributed by atoms with Crippen molar-refractivity contribution < 1.29 is 12.8 Å². The first-order valence-corrected chi connectivity index (χ1v) is 11.2. The standard InChI is InChI=1S/C19H23N5O4S/c1-22-12-20-21-17(22)14-10-24(11-19(14)7-3-4-8-19)29(26,27)13-5-6-15-16(9-13)28-18(25)23(15)2/h5-6,9,12,14H,3-4,7-8,10-11H2,1-2H3. The molecule has 2 aliphatic rings. The predicted octanol–water partition coefficient (Wildman–Crippen LogP) is 1.61. The molecule has 1 atom stereocenters. The molecule has 0 bridgehead atoms. The number of benzene rings is 1. The third-order valence-corrected chi connectivity index (χ3v) is 8.48. The summed E-state index contributed by atoms with van der Waals surface area (Å²) in [5.41, 5.74) is 0.745. The van der Waals surface area contributed by atoms with Gasteiger partial charge in [0.2, 0.25) is 10.0 Å². The summed E-state index contributed by atoms with van der Waals surface area (Å²) in [6, 6.07) is 4.61. The Morgan fingerprint density at radius 2 is 1.97 bits per heavy atom. The van der Waals surface area contributed by atoms with Crippen LogP contribution in [0.2, 0.25) is 0 Å². The molecule has 0 radical (unpaired) electrons. The van der Waals surface area contributed by atoms with Gasteiger partial charge in [-0.3, -0.25) is 4.57 Å². The highest BCUT2D eigenvalue weighted by atomic mass is 32.2. The van der Waals surface area contributed by atoms with Gasteiger partial charge in [0.25, 0.3) is 0 Å². The van der Waals surface area contributed by atoms with Crippen molar-refractivity contribution in [2.24, 2.45) is 19.5 Å². The first-order chi connectivity index (χ1) is 13.8. The van der Waals surface area contributed by atoms with E-state index in [0.717, 1.165) is 31.5 Å². The van der Waals surface area contributed by atoms with E-state index < -0.39 is 15.8 Å². The summed E-state index contributed by atoms with van der Waals surface area (Å²) in [5, 5.41) is 8.31. The summed E-state index contributed by atoms with van der Waals surface area (Å²) in [5.74, 6) is 0.350. The molecule has 29 heavy (non-hydrogen) atoms. The van der Waals surface area contributed by atoms with Crippen LogP contribution in [-0.2, 0) is 24.1 Å². The van der Waals surface area contributed by atoms with Crippen LogP contribution in [0.3, 0.4) is 0 Å². The monoisotopic (exact) mass is 417 g/mol. The highest BCUT2D eigenvalue weighted by molar-refractivity contribution is 7.89. The number of aryl methyl sites for hydroxylation is 2. The van der Waals surface area contributed by atoms with E-state index in [1.807, 2.05) is 11.6 Å². The van der Waals surface area contributed by atoms with Crippen molar-refractivity contribution in [3.8, 4) is 0 Å². The van der Waals surface area contributed by atoms with Crippen LogP contribution in [0.4, 0.5) is 0 Å². The maximum Gasteiger partial charge on any atom is 0.419 e. The van der Waals surface area contributed by atoms with E-state index in [2.05, 4.69) is 10.2 Å². The molecule has 1 spiro atoms. The zero-order valence-corrected chi connectivity index (χ0v) is 17.2. The van der Waals surface area contributed by atoms with Crippen molar-refractivity contribution in [1.82, 2.24) is 23.6 Å². The lowest BCUT2D eigenvalue weighted by atomic mass is 9.76. The summed E-state index contributed by atoms with van der Waals surface area (Å²) >= 11 is 0. The number of aromatic nitrogens is 4. The van der Waals surface area contributed by atoms with Crippen LogP contribution in [0, 0.1) is 5.41 Å². The molecule has 1 aliphatic heterocycles. The van der Waals surface area contributed by atoms with Gasteiger partial charge >= 0.3 is 5.76 Å². The number of fused-ring (bicyclic) bond motifs is 1. The number of nitrogens with zero attached hydrogens (tertiary/aromatic N) is 5. The fraction of sp³-hybridized carbons (Fsp3) is 0.526. The van der Waals surface area contributed by atoms with Crippen LogP contribution >= 0.6 is 0 Å². The van der Waals surface area contributed by atoms with Gasteiger partial charge < -0.3 is 8.98 Å². The molecule has 0 N–H and O–H groups in total. The second-order valence-electron chi connectivity index (χ2n) is 8.28. The molecule has 5 rings (SSSR count). The fourth-order valence-corrected chi connectivity index (χ4v) is 6.65. The number of hydrogen-bond acceptors (Lipinski definition) is 6. The van der Waals surface area contributed by atoms with Crippen LogP contribution in [0.1, 0.15) is 37.4 Å². The topological polar surface area (TPSA) is 103 Å². The molecule has 10 heteroatoms. The number of sulfonamides is 1. The Morgan fingerprint density at radius 1 is 1.21 bits per heavy atom. The molecule has 1 aliphatic carbocycles. The van der Waals surface area contributed by atoms with Gasteiger partial charge in [-0.1, -0.05) is 12.8 Å². The molecule has 9 nitrogen and oxygen atoms in total. The zero-order chi connectivity index (χ0) is 20.4. The van der Waals surface area contributed by atoms with Gasteiger partial charge in [-0.05, 0) is 30.4 Å². The van der Waals surface area contributed by atoms with Crippen molar-refractivity contribution in [3.63, 3.8) is 0 Å². The lowest BCUT2D eigenvalue weighted by molar-refractivity contribution is 0.274. The Kier molecular flexibility index (Phi) is 4.01. The third-order valence-electron chi connectivity index (χ3n) is 6.68. The summed E-state index contributed by atoms with van der Waals surface area (Å²) in [6.07, 6.45) is 5.85. The van der Waals surface area contributed by atoms with Crippen LogP contribution < -0.4 is 5.76 Å². The van der Waals surface area contributed by atoms with E-state index in [9.17, 15) is 13.2 Å². The molecule has 0 amide bonds. The summed E-state index contributed by atoms with van der Waals surface area (Å²) in [4.78, 5) is 11.9. The first kappa shape index (κ1) is 18.6. The molecular weight excluding hydrogens is 394 g/mol. The van der Waals surface area contributed by atoms with E-state index in [1.165, 1.54) is 10.6 Å². The smallest absolute Gasteiger partial charge is 0.408 e. The minimum absolute atomic E-state index is 0.0191. The summed E-state index contributed by atoms with van der Waals surface area (Å²) < 4.78 is 36.9. The fourth-order valence-electron chi connectivity index (χ4n) is 5.08. The molecule has 2 aromatic heterocycles. The van der Waals surface area contributed by atoms with Crippen LogP contribution in [-0.4, -0.2) is 45.1 Å². The average molecular weight is 417 g/mol. The first-order valence-electron chi connectivity index (χ1n) is 9.75. The molecular formula is C19H23N5O4S. The Balaban J connectivity index is 1.55. The lowest BCUT2D eigenvalue weighted by Crippen LogP contribution is -2.31. The van der Waals surface area contributed by atoms with Gasteiger partial charge in [0, 0.05) is 39.2 Å². The molecule has 1 aromatic carbocycles. The van der Waals surface area contributed by atoms with Crippen molar-refractivity contribution in [3.05, 3.63) is 40.9 Å². The van der Waals surface area contributed by atoms with Crippen molar-refractivity contribution in [2.45, 2.75) is 36.5 Å². The quantitative estimate of drug-likeness (QED) is 0.641. The normalized spacial score (nSPS) is 22.2. The third kappa shape index (κ3) is 2.69. The van der Waals surface area contributed by atoms with Crippen LogP contribution in [0.15, 0.2) is 38.6 Å². The number of rotatable bonds is 3. The molecule has 3 aromatic rings. The Labute approximate surface area is 168 Å². The molecule has 1 saturated carbocycles. The van der Waals surface area contributed by atoms with Crippen molar-refractivity contribution >= 4 is 21.1 Å². The SMILES string of the molecule is Cn1cnnc1C1CN(S(=O)(=O)c2ccc3c(c2)oc(=O)n3C)CC12CCCC2. The zero-order valence-electron chi connectivity index (χ0n) is 16.4. The summed E-state index contributed by atoms with van der Waals surface area (Å²) in [6.45, 7) is 0.856. The maximum atomic E-state index is 13.5. The molecule has 1 saturated heterocycles. The average Bonchev–Trinajstić information content (AvgIpc) is 3.46. The van der Waals surface area contributed by atoms with Crippen molar-refractivity contribution in [2.75, 3.05) is 13.1 Å². The van der Waals surface area contributed by atoms with Gasteiger partial charge in [-0.2, -0.15) is 4.31 Å². The second kappa shape index (κ2) is 6.27. The minimum Gasteiger partial charge on any atom is -0.408 e. The molecule has 154 valence electrons. The highest BCUT2D eigenvalue weighted by Crippen LogP contribution is 2.53.